The van der Waals surface area contributed by atoms with Crippen LogP contribution in [0.15, 0.2) is 51.4 Å². The lowest BCUT2D eigenvalue weighted by molar-refractivity contribution is 0.379. The summed E-state index contributed by atoms with van der Waals surface area (Å²) in [5.41, 5.74) is 3.65. The maximum Gasteiger partial charge on any atom is 0.227 e. The molecule has 0 radical (unpaired) electrons. The monoisotopic (exact) mass is 349 g/mol. The summed E-state index contributed by atoms with van der Waals surface area (Å²) in [5.74, 6) is 2.76. The van der Waals surface area contributed by atoms with Crippen molar-refractivity contribution in [1.82, 2.24) is 15.1 Å². The minimum Gasteiger partial charge on any atom is -0.497 e. The van der Waals surface area contributed by atoms with E-state index in [1.165, 1.54) is 5.56 Å². The lowest BCUT2D eigenvalue weighted by Crippen LogP contribution is -1.92. The Hall–Kier alpha value is -3.15. The number of rotatable bonds is 6. The molecule has 6 nitrogen and oxygen atoms in total. The molecule has 0 amide bonds. The average molecular weight is 349 g/mol. The Kier molecular flexibility index (Phi) is 4.39. The second-order valence-electron chi connectivity index (χ2n) is 6.00. The Balaban J connectivity index is 1.48. The van der Waals surface area contributed by atoms with Crippen molar-refractivity contribution in [2.75, 3.05) is 7.11 Å². The van der Waals surface area contributed by atoms with Gasteiger partial charge in [-0.3, -0.25) is 0 Å². The topological polar surface area (TPSA) is 74.2 Å². The Bertz CT molecular complexity index is 1020. The van der Waals surface area contributed by atoms with Crippen molar-refractivity contribution >= 4 is 11.1 Å². The Morgan fingerprint density at radius 2 is 1.81 bits per heavy atom. The van der Waals surface area contributed by atoms with E-state index in [4.69, 9.17) is 13.7 Å². The first-order valence-corrected chi connectivity index (χ1v) is 8.60. The van der Waals surface area contributed by atoms with Crippen molar-refractivity contribution in [3.63, 3.8) is 0 Å². The number of hydrogen-bond donors (Lipinski definition) is 0. The number of aryl methyl sites for hydroxylation is 3. The molecule has 2 aromatic carbocycles. The van der Waals surface area contributed by atoms with Gasteiger partial charge in [0, 0.05) is 18.4 Å². The molecule has 0 aliphatic rings. The van der Waals surface area contributed by atoms with E-state index in [2.05, 4.69) is 15.1 Å². The minimum atomic E-state index is 0.567. The van der Waals surface area contributed by atoms with Crippen LogP contribution in [0.5, 0.6) is 5.75 Å². The van der Waals surface area contributed by atoms with Gasteiger partial charge in [0.1, 0.15) is 11.3 Å². The van der Waals surface area contributed by atoms with Crippen LogP contribution in [0.1, 0.15) is 24.3 Å². The third kappa shape index (κ3) is 3.31. The molecule has 0 unspecified atom stereocenters. The summed E-state index contributed by atoms with van der Waals surface area (Å²) in [6, 6.07) is 13.7. The Morgan fingerprint density at radius 1 is 0.962 bits per heavy atom. The first-order valence-electron chi connectivity index (χ1n) is 8.60. The van der Waals surface area contributed by atoms with E-state index in [9.17, 15) is 0 Å². The molecule has 0 saturated heterocycles. The van der Waals surface area contributed by atoms with Crippen molar-refractivity contribution in [3.05, 3.63) is 59.8 Å². The van der Waals surface area contributed by atoms with Crippen LogP contribution in [-0.2, 0) is 19.3 Å². The zero-order chi connectivity index (χ0) is 17.9. The largest absolute Gasteiger partial charge is 0.497 e. The van der Waals surface area contributed by atoms with Crippen LogP contribution in [0.3, 0.4) is 0 Å². The minimum absolute atomic E-state index is 0.567. The molecule has 0 spiro atoms. The first-order chi connectivity index (χ1) is 12.7. The lowest BCUT2D eigenvalue weighted by atomic mass is 10.1. The van der Waals surface area contributed by atoms with Crippen molar-refractivity contribution in [1.29, 1.82) is 0 Å². The van der Waals surface area contributed by atoms with Gasteiger partial charge in [-0.25, -0.2) is 4.98 Å². The van der Waals surface area contributed by atoms with Gasteiger partial charge in [0.2, 0.25) is 11.7 Å². The van der Waals surface area contributed by atoms with Crippen molar-refractivity contribution in [3.8, 4) is 17.1 Å². The van der Waals surface area contributed by atoms with Gasteiger partial charge in [-0.2, -0.15) is 4.98 Å². The van der Waals surface area contributed by atoms with Crippen LogP contribution in [0, 0.1) is 0 Å². The molecule has 4 rings (SSSR count). The van der Waals surface area contributed by atoms with E-state index in [1.807, 2.05) is 49.4 Å². The van der Waals surface area contributed by atoms with Gasteiger partial charge >= 0.3 is 0 Å². The van der Waals surface area contributed by atoms with E-state index in [0.29, 0.717) is 18.1 Å². The summed E-state index contributed by atoms with van der Waals surface area (Å²) in [7, 11) is 1.66. The predicted molar refractivity (Wildman–Crippen MR) is 97.1 cm³/mol. The fourth-order valence-electron chi connectivity index (χ4n) is 2.78. The number of ether oxygens (including phenoxy) is 1. The molecule has 0 bridgehead atoms. The van der Waals surface area contributed by atoms with Gasteiger partial charge in [-0.15, -0.1) is 0 Å². The third-order valence-electron chi connectivity index (χ3n) is 4.25. The summed E-state index contributed by atoms with van der Waals surface area (Å²) in [4.78, 5) is 8.95. The number of benzene rings is 2. The molecule has 4 aromatic rings. The molecule has 2 heterocycles. The standard InChI is InChI=1S/C20H19N3O3/c1-3-18-21-16-12-14(7-10-17(16)25-18)20-22-19(26-23-20)11-6-13-4-8-15(24-2)9-5-13/h4-5,7-10,12H,3,6,11H2,1-2H3. The molecule has 0 atom stereocenters. The van der Waals surface area contributed by atoms with Gasteiger partial charge in [-0.05, 0) is 42.3 Å². The normalized spacial score (nSPS) is 11.2. The smallest absolute Gasteiger partial charge is 0.227 e. The van der Waals surface area contributed by atoms with Crippen molar-refractivity contribution in [2.45, 2.75) is 26.2 Å². The number of nitrogens with zero attached hydrogens (tertiary/aromatic N) is 3. The van der Waals surface area contributed by atoms with Crippen LogP contribution >= 0.6 is 0 Å². The Labute approximate surface area is 150 Å². The van der Waals surface area contributed by atoms with E-state index in [0.717, 1.165) is 41.1 Å². The van der Waals surface area contributed by atoms with Crippen LogP contribution in [-0.4, -0.2) is 22.2 Å². The second-order valence-corrected chi connectivity index (χ2v) is 6.00. The number of hydrogen-bond acceptors (Lipinski definition) is 6. The molecule has 0 saturated carbocycles. The predicted octanol–water partition coefficient (Wildman–Crippen LogP) is 4.23. The van der Waals surface area contributed by atoms with E-state index < -0.39 is 0 Å². The van der Waals surface area contributed by atoms with E-state index in [1.54, 1.807) is 7.11 Å². The molecular formula is C20H19N3O3. The average Bonchev–Trinajstić information content (AvgIpc) is 3.32. The molecule has 26 heavy (non-hydrogen) atoms. The molecule has 6 heteroatoms. The number of aromatic nitrogens is 3. The van der Waals surface area contributed by atoms with Crippen molar-refractivity contribution < 1.29 is 13.7 Å². The van der Waals surface area contributed by atoms with E-state index in [-0.39, 0.29) is 0 Å². The maximum absolute atomic E-state index is 5.63. The molecule has 0 fully saturated rings. The Morgan fingerprint density at radius 3 is 2.58 bits per heavy atom. The highest BCUT2D eigenvalue weighted by atomic mass is 16.5. The highest BCUT2D eigenvalue weighted by molar-refractivity contribution is 5.78. The molecular weight excluding hydrogens is 330 g/mol. The summed E-state index contributed by atoms with van der Waals surface area (Å²) in [6.07, 6.45) is 2.28. The fraction of sp³-hybridized carbons (Fsp3) is 0.250. The van der Waals surface area contributed by atoms with Crippen LogP contribution in [0.4, 0.5) is 0 Å². The highest BCUT2D eigenvalue weighted by Gasteiger charge is 2.12. The lowest BCUT2D eigenvalue weighted by Gasteiger charge is -2.01. The molecule has 132 valence electrons. The van der Waals surface area contributed by atoms with Crippen LogP contribution in [0.25, 0.3) is 22.5 Å². The van der Waals surface area contributed by atoms with Gasteiger partial charge < -0.3 is 13.7 Å². The van der Waals surface area contributed by atoms with E-state index >= 15 is 0 Å². The quantitative estimate of drug-likeness (QED) is 0.518. The van der Waals surface area contributed by atoms with Gasteiger partial charge in [0.05, 0.1) is 7.11 Å². The third-order valence-corrected chi connectivity index (χ3v) is 4.25. The van der Waals surface area contributed by atoms with Gasteiger partial charge in [0.25, 0.3) is 0 Å². The highest BCUT2D eigenvalue weighted by Crippen LogP contribution is 2.23. The molecule has 0 aliphatic heterocycles. The molecule has 0 N–H and O–H groups in total. The fourth-order valence-corrected chi connectivity index (χ4v) is 2.78. The summed E-state index contributed by atoms with van der Waals surface area (Å²) in [5, 5.41) is 4.10. The molecule has 2 aromatic heterocycles. The molecule has 0 aliphatic carbocycles. The van der Waals surface area contributed by atoms with Crippen LogP contribution in [0.2, 0.25) is 0 Å². The van der Waals surface area contributed by atoms with Gasteiger partial charge in [-0.1, -0.05) is 24.2 Å². The SMILES string of the molecule is CCc1nc2cc(-c3noc(CCc4ccc(OC)cc4)n3)ccc2o1. The number of oxazole rings is 1. The maximum atomic E-state index is 5.63. The van der Waals surface area contributed by atoms with Crippen LogP contribution < -0.4 is 4.74 Å². The summed E-state index contributed by atoms with van der Waals surface area (Å²) >= 11 is 0. The zero-order valence-electron chi connectivity index (χ0n) is 14.7. The summed E-state index contributed by atoms with van der Waals surface area (Å²) < 4.78 is 16.2. The van der Waals surface area contributed by atoms with Crippen molar-refractivity contribution in [2.24, 2.45) is 0 Å². The summed E-state index contributed by atoms with van der Waals surface area (Å²) in [6.45, 7) is 2.01. The first kappa shape index (κ1) is 16.3. The number of methoxy groups -OCH3 is 1. The number of fused-ring (bicyclic) bond motifs is 1. The second kappa shape index (κ2) is 7.00. The zero-order valence-corrected chi connectivity index (χ0v) is 14.7. The van der Waals surface area contributed by atoms with Gasteiger partial charge in [0.15, 0.2) is 11.5 Å².